The third-order valence-corrected chi connectivity index (χ3v) is 5.23. The van der Waals surface area contributed by atoms with E-state index in [1.165, 1.54) is 0 Å². The lowest BCUT2D eigenvalue weighted by Crippen LogP contribution is -2.55. The number of H-pyrrole nitrogens is 1. The minimum atomic E-state index is -0.665. The number of carbonyl (C=O) groups excluding carboxylic acids is 2. The molecule has 1 saturated heterocycles. The molecule has 0 saturated carbocycles. The van der Waals surface area contributed by atoms with E-state index in [2.05, 4.69) is 15.4 Å². The van der Waals surface area contributed by atoms with Gasteiger partial charge in [-0.25, -0.2) is 0 Å². The number of hydrogen-bond acceptors (Lipinski definition) is 6. The molecule has 2 amide bonds. The van der Waals surface area contributed by atoms with Crippen LogP contribution in [0.4, 0.5) is 0 Å². The van der Waals surface area contributed by atoms with Gasteiger partial charge in [-0.3, -0.25) is 9.59 Å². The van der Waals surface area contributed by atoms with E-state index in [0.29, 0.717) is 54.3 Å². The van der Waals surface area contributed by atoms with Crippen LogP contribution < -0.4 is 9.47 Å². The van der Waals surface area contributed by atoms with Gasteiger partial charge < -0.3 is 19.3 Å². The predicted molar refractivity (Wildman–Crippen MR) is 103 cm³/mol. The standard InChI is InChI=1S/C20H19N5O4/c26-19(13-5-6-14-15(11-13)22-23-21-14)24-7-9-25(10-8-24)20(27)18-12-28-16-3-1-2-4-17(16)29-18/h1-6,11,18H,7-10,12H2,(H,21,22,23). The van der Waals surface area contributed by atoms with Crippen LogP contribution >= 0.6 is 0 Å². The summed E-state index contributed by atoms with van der Waals surface area (Å²) in [6, 6.07) is 12.5. The predicted octanol–water partition coefficient (Wildman–Crippen LogP) is 1.08. The highest BCUT2D eigenvalue weighted by atomic mass is 16.6. The van der Waals surface area contributed by atoms with E-state index in [9.17, 15) is 9.59 Å². The minimum Gasteiger partial charge on any atom is -0.485 e. The Kier molecular flexibility index (Phi) is 4.27. The van der Waals surface area contributed by atoms with Crippen molar-refractivity contribution in [3.05, 3.63) is 48.0 Å². The van der Waals surface area contributed by atoms with Crippen molar-refractivity contribution in [2.75, 3.05) is 32.8 Å². The van der Waals surface area contributed by atoms with Gasteiger partial charge in [0.15, 0.2) is 11.5 Å². The SMILES string of the molecule is O=C(c1ccc2n[nH]nc2c1)N1CCN(C(=O)C2COc3ccccc3O2)CC1. The van der Waals surface area contributed by atoms with Crippen LogP contribution in [0.3, 0.4) is 0 Å². The summed E-state index contributed by atoms with van der Waals surface area (Å²) < 4.78 is 11.5. The summed E-state index contributed by atoms with van der Waals surface area (Å²) in [5, 5.41) is 10.6. The van der Waals surface area contributed by atoms with Gasteiger partial charge >= 0.3 is 0 Å². The quantitative estimate of drug-likeness (QED) is 0.699. The number of aromatic nitrogens is 3. The molecule has 1 unspecified atom stereocenters. The van der Waals surface area contributed by atoms with Crippen molar-refractivity contribution < 1.29 is 19.1 Å². The van der Waals surface area contributed by atoms with Crippen LogP contribution in [0, 0.1) is 0 Å². The maximum absolute atomic E-state index is 12.8. The normalized spacial score (nSPS) is 18.7. The van der Waals surface area contributed by atoms with E-state index in [-0.39, 0.29) is 18.4 Å². The number of benzene rings is 2. The number of fused-ring (bicyclic) bond motifs is 2. The molecule has 9 heteroatoms. The maximum atomic E-state index is 12.8. The highest BCUT2D eigenvalue weighted by Crippen LogP contribution is 2.31. The average Bonchev–Trinajstić information content (AvgIpc) is 3.26. The van der Waals surface area contributed by atoms with Crippen LogP contribution in [0.2, 0.25) is 0 Å². The van der Waals surface area contributed by atoms with Gasteiger partial charge in [0.2, 0.25) is 6.10 Å². The van der Waals surface area contributed by atoms with E-state index in [1.54, 1.807) is 34.1 Å². The van der Waals surface area contributed by atoms with Crippen molar-refractivity contribution in [3.63, 3.8) is 0 Å². The first kappa shape index (κ1) is 17.5. The second-order valence-electron chi connectivity index (χ2n) is 7.01. The lowest BCUT2D eigenvalue weighted by atomic mass is 10.1. The number of rotatable bonds is 2. The van der Waals surface area contributed by atoms with Crippen molar-refractivity contribution in [1.82, 2.24) is 25.2 Å². The van der Waals surface area contributed by atoms with Gasteiger partial charge in [0.05, 0.1) is 0 Å². The molecular weight excluding hydrogens is 374 g/mol. The van der Waals surface area contributed by atoms with Gasteiger partial charge in [-0.05, 0) is 30.3 Å². The average molecular weight is 393 g/mol. The largest absolute Gasteiger partial charge is 0.485 e. The molecule has 2 aromatic carbocycles. The second-order valence-corrected chi connectivity index (χ2v) is 7.01. The third kappa shape index (κ3) is 3.24. The molecule has 2 aliphatic heterocycles. The molecule has 1 atom stereocenters. The van der Waals surface area contributed by atoms with Crippen molar-refractivity contribution in [1.29, 1.82) is 0 Å². The Labute approximate surface area is 166 Å². The van der Waals surface area contributed by atoms with Crippen LogP contribution in [0.5, 0.6) is 11.5 Å². The van der Waals surface area contributed by atoms with Crippen LogP contribution in [0.1, 0.15) is 10.4 Å². The molecule has 2 aliphatic rings. The Hall–Kier alpha value is -3.62. The zero-order valence-corrected chi connectivity index (χ0v) is 15.6. The monoisotopic (exact) mass is 393 g/mol. The van der Waals surface area contributed by atoms with Crippen molar-refractivity contribution >= 4 is 22.8 Å². The smallest absolute Gasteiger partial charge is 0.267 e. The Balaban J connectivity index is 1.21. The molecule has 1 aromatic heterocycles. The number of para-hydroxylation sites is 2. The molecule has 148 valence electrons. The summed E-state index contributed by atoms with van der Waals surface area (Å²) in [5.74, 6) is 1.04. The van der Waals surface area contributed by atoms with Crippen molar-refractivity contribution in [2.45, 2.75) is 6.10 Å². The fourth-order valence-electron chi connectivity index (χ4n) is 3.63. The fourth-order valence-corrected chi connectivity index (χ4v) is 3.63. The van der Waals surface area contributed by atoms with Crippen LogP contribution in [0.25, 0.3) is 11.0 Å². The number of amides is 2. The number of nitrogens with zero attached hydrogens (tertiary/aromatic N) is 4. The molecule has 3 aromatic rings. The minimum absolute atomic E-state index is 0.0758. The van der Waals surface area contributed by atoms with Gasteiger partial charge in [0.1, 0.15) is 17.6 Å². The molecule has 5 rings (SSSR count). The summed E-state index contributed by atoms with van der Waals surface area (Å²) in [4.78, 5) is 29.1. The summed E-state index contributed by atoms with van der Waals surface area (Å²) in [6.45, 7) is 2.03. The lowest BCUT2D eigenvalue weighted by Gasteiger charge is -2.37. The maximum Gasteiger partial charge on any atom is 0.267 e. The van der Waals surface area contributed by atoms with E-state index in [1.807, 2.05) is 18.2 Å². The van der Waals surface area contributed by atoms with Crippen molar-refractivity contribution in [2.24, 2.45) is 0 Å². The first-order valence-electron chi connectivity index (χ1n) is 9.46. The molecule has 29 heavy (non-hydrogen) atoms. The van der Waals surface area contributed by atoms with Gasteiger partial charge in [0.25, 0.3) is 11.8 Å². The number of hydrogen-bond donors (Lipinski definition) is 1. The zero-order valence-electron chi connectivity index (χ0n) is 15.6. The summed E-state index contributed by atoms with van der Waals surface area (Å²) in [6.07, 6.45) is -0.665. The van der Waals surface area contributed by atoms with Crippen LogP contribution in [-0.4, -0.2) is 75.9 Å². The third-order valence-electron chi connectivity index (χ3n) is 5.23. The van der Waals surface area contributed by atoms with E-state index < -0.39 is 6.10 Å². The number of ether oxygens (including phenoxy) is 2. The molecule has 9 nitrogen and oxygen atoms in total. The van der Waals surface area contributed by atoms with Crippen molar-refractivity contribution in [3.8, 4) is 11.5 Å². The molecular formula is C20H19N5O4. The first-order chi connectivity index (χ1) is 14.2. The first-order valence-corrected chi connectivity index (χ1v) is 9.46. The zero-order chi connectivity index (χ0) is 19.8. The Morgan fingerprint density at radius 3 is 2.48 bits per heavy atom. The number of aromatic amines is 1. The highest BCUT2D eigenvalue weighted by Gasteiger charge is 2.33. The molecule has 1 N–H and O–H groups in total. The second kappa shape index (κ2) is 7.08. The van der Waals surface area contributed by atoms with E-state index >= 15 is 0 Å². The summed E-state index contributed by atoms with van der Waals surface area (Å²) >= 11 is 0. The molecule has 0 spiro atoms. The van der Waals surface area contributed by atoms with Gasteiger partial charge in [-0.2, -0.15) is 15.4 Å². The molecule has 0 aliphatic carbocycles. The lowest BCUT2D eigenvalue weighted by molar-refractivity contribution is -0.142. The van der Waals surface area contributed by atoms with Gasteiger partial charge in [0, 0.05) is 31.7 Å². The molecule has 0 radical (unpaired) electrons. The number of piperazine rings is 1. The summed E-state index contributed by atoms with van der Waals surface area (Å²) in [5.41, 5.74) is 1.93. The van der Waals surface area contributed by atoms with Gasteiger partial charge in [-0.1, -0.05) is 12.1 Å². The Bertz CT molecular complexity index is 1070. The highest BCUT2D eigenvalue weighted by molar-refractivity contribution is 5.97. The Morgan fingerprint density at radius 1 is 0.931 bits per heavy atom. The molecule has 3 heterocycles. The van der Waals surface area contributed by atoms with E-state index in [4.69, 9.17) is 9.47 Å². The van der Waals surface area contributed by atoms with E-state index in [0.717, 1.165) is 0 Å². The Morgan fingerprint density at radius 2 is 1.66 bits per heavy atom. The number of carbonyl (C=O) groups is 2. The summed E-state index contributed by atoms with van der Waals surface area (Å²) in [7, 11) is 0. The number of nitrogens with one attached hydrogen (secondary N) is 1. The fraction of sp³-hybridized carbons (Fsp3) is 0.300. The van der Waals surface area contributed by atoms with Crippen LogP contribution in [0.15, 0.2) is 42.5 Å². The van der Waals surface area contributed by atoms with Gasteiger partial charge in [-0.15, -0.1) is 0 Å². The topological polar surface area (TPSA) is 101 Å². The van der Waals surface area contributed by atoms with Crippen LogP contribution in [-0.2, 0) is 4.79 Å². The molecule has 0 bridgehead atoms. The molecule has 1 fully saturated rings.